The fraction of sp³-hybridized carbons (Fsp3) is 0.125. The van der Waals surface area contributed by atoms with Crippen LogP contribution in [0.2, 0.25) is 0 Å². The number of halogens is 1. The SMILES string of the molecule is NC(=S)C(NC(=O)Cc1ccccc1F)c1ccccc1. The van der Waals surface area contributed by atoms with Gasteiger partial charge in [-0.1, -0.05) is 60.7 Å². The van der Waals surface area contributed by atoms with Crippen LogP contribution in [0.25, 0.3) is 0 Å². The van der Waals surface area contributed by atoms with Crippen LogP contribution in [0.1, 0.15) is 17.2 Å². The lowest BCUT2D eigenvalue weighted by atomic mass is 10.1. The average molecular weight is 302 g/mol. The number of benzene rings is 2. The van der Waals surface area contributed by atoms with Gasteiger partial charge in [-0.05, 0) is 17.2 Å². The first-order valence-electron chi connectivity index (χ1n) is 6.45. The van der Waals surface area contributed by atoms with E-state index in [1.54, 1.807) is 18.2 Å². The Hall–Kier alpha value is -2.27. The Morgan fingerprint density at radius 2 is 1.76 bits per heavy atom. The number of carbonyl (C=O) groups is 1. The summed E-state index contributed by atoms with van der Waals surface area (Å²) in [6, 6.07) is 14.8. The van der Waals surface area contributed by atoms with E-state index in [-0.39, 0.29) is 17.3 Å². The molecule has 1 amide bonds. The molecule has 0 aromatic heterocycles. The van der Waals surface area contributed by atoms with Crippen LogP contribution in [0, 0.1) is 5.82 Å². The van der Waals surface area contributed by atoms with E-state index in [0.29, 0.717) is 5.56 Å². The van der Waals surface area contributed by atoms with Crippen LogP contribution in [-0.2, 0) is 11.2 Å². The largest absolute Gasteiger partial charge is 0.391 e. The lowest BCUT2D eigenvalue weighted by Gasteiger charge is -2.18. The van der Waals surface area contributed by atoms with Crippen molar-refractivity contribution in [3.63, 3.8) is 0 Å². The van der Waals surface area contributed by atoms with E-state index in [2.05, 4.69) is 5.32 Å². The molecule has 0 aliphatic heterocycles. The number of nitrogens with two attached hydrogens (primary N) is 1. The Balaban J connectivity index is 2.10. The van der Waals surface area contributed by atoms with Gasteiger partial charge in [0.2, 0.25) is 5.91 Å². The second kappa shape index (κ2) is 6.95. The lowest BCUT2D eigenvalue weighted by Crippen LogP contribution is -2.37. The molecule has 21 heavy (non-hydrogen) atoms. The molecule has 0 spiro atoms. The number of hydrogen-bond acceptors (Lipinski definition) is 2. The first-order valence-corrected chi connectivity index (χ1v) is 6.86. The molecule has 0 fully saturated rings. The highest BCUT2D eigenvalue weighted by Crippen LogP contribution is 2.14. The molecule has 0 radical (unpaired) electrons. The second-order valence-electron chi connectivity index (χ2n) is 4.58. The van der Waals surface area contributed by atoms with E-state index in [4.69, 9.17) is 18.0 Å². The van der Waals surface area contributed by atoms with Crippen molar-refractivity contribution in [1.82, 2.24) is 5.32 Å². The number of thiocarbonyl (C=S) groups is 1. The fourth-order valence-corrected chi connectivity index (χ4v) is 2.19. The summed E-state index contributed by atoms with van der Waals surface area (Å²) in [4.78, 5) is 12.2. The van der Waals surface area contributed by atoms with E-state index in [1.165, 1.54) is 6.07 Å². The maximum atomic E-state index is 13.5. The smallest absolute Gasteiger partial charge is 0.225 e. The van der Waals surface area contributed by atoms with Crippen LogP contribution < -0.4 is 11.1 Å². The number of carbonyl (C=O) groups excluding carboxylic acids is 1. The van der Waals surface area contributed by atoms with E-state index >= 15 is 0 Å². The molecule has 0 saturated carbocycles. The lowest BCUT2D eigenvalue weighted by molar-refractivity contribution is -0.120. The Bertz CT molecular complexity index is 646. The summed E-state index contributed by atoms with van der Waals surface area (Å²) in [5, 5.41) is 2.74. The van der Waals surface area contributed by atoms with Crippen molar-refractivity contribution >= 4 is 23.1 Å². The van der Waals surface area contributed by atoms with Crippen molar-refractivity contribution in [2.75, 3.05) is 0 Å². The third-order valence-corrected chi connectivity index (χ3v) is 3.27. The predicted molar refractivity (Wildman–Crippen MR) is 84.2 cm³/mol. The van der Waals surface area contributed by atoms with Crippen LogP contribution >= 0.6 is 12.2 Å². The van der Waals surface area contributed by atoms with Crippen LogP contribution in [0.15, 0.2) is 54.6 Å². The Labute approximate surface area is 128 Å². The third-order valence-electron chi connectivity index (χ3n) is 3.03. The number of hydrogen-bond donors (Lipinski definition) is 2. The first-order chi connectivity index (χ1) is 10.1. The van der Waals surface area contributed by atoms with Crippen LogP contribution in [0.4, 0.5) is 4.39 Å². The normalized spacial score (nSPS) is 11.7. The van der Waals surface area contributed by atoms with E-state index in [0.717, 1.165) is 5.56 Å². The Kier molecular flexibility index (Phi) is 5.00. The van der Waals surface area contributed by atoms with Gasteiger partial charge in [0.25, 0.3) is 0 Å². The Morgan fingerprint density at radius 1 is 1.14 bits per heavy atom. The highest BCUT2D eigenvalue weighted by atomic mass is 32.1. The number of rotatable bonds is 5. The minimum absolute atomic E-state index is 0.0569. The highest BCUT2D eigenvalue weighted by Gasteiger charge is 2.17. The molecule has 5 heteroatoms. The molecule has 0 aliphatic rings. The van der Waals surface area contributed by atoms with Gasteiger partial charge in [-0.15, -0.1) is 0 Å². The van der Waals surface area contributed by atoms with Crippen molar-refractivity contribution < 1.29 is 9.18 Å². The van der Waals surface area contributed by atoms with E-state index in [1.807, 2.05) is 30.3 Å². The van der Waals surface area contributed by atoms with Crippen molar-refractivity contribution in [2.24, 2.45) is 5.73 Å². The number of amides is 1. The van der Waals surface area contributed by atoms with Crippen molar-refractivity contribution in [2.45, 2.75) is 12.5 Å². The monoisotopic (exact) mass is 302 g/mol. The Morgan fingerprint density at radius 3 is 2.38 bits per heavy atom. The molecular weight excluding hydrogens is 287 g/mol. The zero-order valence-electron chi connectivity index (χ0n) is 11.3. The van der Waals surface area contributed by atoms with Gasteiger partial charge in [-0.25, -0.2) is 4.39 Å². The van der Waals surface area contributed by atoms with Gasteiger partial charge in [0.1, 0.15) is 16.8 Å². The molecule has 108 valence electrons. The molecule has 3 N–H and O–H groups in total. The molecule has 1 atom stereocenters. The fourth-order valence-electron chi connectivity index (χ4n) is 1.99. The third kappa shape index (κ3) is 4.10. The minimum atomic E-state index is -0.555. The summed E-state index contributed by atoms with van der Waals surface area (Å²) in [7, 11) is 0. The van der Waals surface area contributed by atoms with Gasteiger partial charge in [0.15, 0.2) is 0 Å². The summed E-state index contributed by atoms with van der Waals surface area (Å²) in [5.74, 6) is -0.735. The molecule has 2 rings (SSSR count). The standard InChI is InChI=1S/C16H15FN2OS/c17-13-9-5-4-8-12(13)10-14(20)19-15(16(18)21)11-6-2-1-3-7-11/h1-9,15H,10H2,(H2,18,21)(H,19,20). The first kappa shape index (κ1) is 15.1. The zero-order valence-corrected chi connectivity index (χ0v) is 12.1. The maximum absolute atomic E-state index is 13.5. The summed E-state index contributed by atoms with van der Waals surface area (Å²) >= 11 is 5.00. The van der Waals surface area contributed by atoms with Gasteiger partial charge in [-0.2, -0.15) is 0 Å². The topological polar surface area (TPSA) is 55.1 Å². The van der Waals surface area contributed by atoms with E-state index < -0.39 is 11.9 Å². The molecule has 0 heterocycles. The summed E-state index contributed by atoms with van der Waals surface area (Å²) < 4.78 is 13.5. The number of nitrogens with one attached hydrogen (secondary N) is 1. The summed E-state index contributed by atoms with van der Waals surface area (Å²) in [6.07, 6.45) is -0.0569. The maximum Gasteiger partial charge on any atom is 0.225 e. The van der Waals surface area contributed by atoms with Crippen LogP contribution in [-0.4, -0.2) is 10.9 Å². The van der Waals surface area contributed by atoms with Crippen molar-refractivity contribution in [3.05, 3.63) is 71.5 Å². The second-order valence-corrected chi connectivity index (χ2v) is 5.05. The van der Waals surface area contributed by atoms with Crippen molar-refractivity contribution in [1.29, 1.82) is 0 Å². The van der Waals surface area contributed by atoms with Gasteiger partial charge in [0.05, 0.1) is 6.42 Å². The van der Waals surface area contributed by atoms with Crippen molar-refractivity contribution in [3.8, 4) is 0 Å². The van der Waals surface area contributed by atoms with Gasteiger partial charge in [0, 0.05) is 0 Å². The molecular formula is C16H15FN2OS. The molecule has 2 aromatic rings. The van der Waals surface area contributed by atoms with Crippen LogP contribution in [0.3, 0.4) is 0 Å². The molecule has 1 unspecified atom stereocenters. The quantitative estimate of drug-likeness (QED) is 0.835. The molecule has 0 saturated heterocycles. The summed E-state index contributed by atoms with van der Waals surface area (Å²) in [6.45, 7) is 0. The minimum Gasteiger partial charge on any atom is -0.391 e. The van der Waals surface area contributed by atoms with Crippen LogP contribution in [0.5, 0.6) is 0 Å². The summed E-state index contributed by atoms with van der Waals surface area (Å²) in [5.41, 5.74) is 6.82. The molecule has 0 bridgehead atoms. The zero-order chi connectivity index (χ0) is 15.2. The molecule has 0 aliphatic carbocycles. The highest BCUT2D eigenvalue weighted by molar-refractivity contribution is 7.80. The van der Waals surface area contributed by atoms with Gasteiger partial charge in [-0.3, -0.25) is 4.79 Å². The molecule has 2 aromatic carbocycles. The molecule has 3 nitrogen and oxygen atoms in total. The van der Waals surface area contributed by atoms with E-state index in [9.17, 15) is 9.18 Å². The van der Waals surface area contributed by atoms with Gasteiger partial charge >= 0.3 is 0 Å². The predicted octanol–water partition coefficient (Wildman–Crippen LogP) is 2.51. The van der Waals surface area contributed by atoms with Gasteiger partial charge < -0.3 is 11.1 Å². The average Bonchev–Trinajstić information content (AvgIpc) is 2.48.